The van der Waals surface area contributed by atoms with Crippen molar-refractivity contribution in [1.29, 1.82) is 0 Å². The average molecular weight is 460 g/mol. The van der Waals surface area contributed by atoms with Gasteiger partial charge in [-0.05, 0) is 65.9 Å². The lowest BCUT2D eigenvalue weighted by Gasteiger charge is -2.30. The van der Waals surface area contributed by atoms with Gasteiger partial charge in [0, 0.05) is 24.8 Å². The Balaban J connectivity index is 1.14. The quantitative estimate of drug-likeness (QED) is 0.468. The van der Waals surface area contributed by atoms with Crippen LogP contribution in [-0.4, -0.2) is 33.2 Å². The molecule has 0 radical (unpaired) electrons. The number of hydrogen-bond donors (Lipinski definition) is 3. The van der Waals surface area contributed by atoms with Crippen molar-refractivity contribution < 1.29 is 9.59 Å². The van der Waals surface area contributed by atoms with E-state index in [9.17, 15) is 9.59 Å². The van der Waals surface area contributed by atoms with E-state index in [0.717, 1.165) is 44.0 Å². The zero-order valence-corrected chi connectivity index (χ0v) is 18.9. The second-order valence-corrected chi connectivity index (χ2v) is 9.38. The first-order chi connectivity index (χ1) is 16.1. The summed E-state index contributed by atoms with van der Waals surface area (Å²) in [4.78, 5) is 32.2. The second-order valence-electron chi connectivity index (χ2n) is 8.37. The molecule has 8 heteroatoms. The number of benzene rings is 2. The topological polar surface area (TPSA) is 96.0 Å². The lowest BCUT2D eigenvalue weighted by Crippen LogP contribution is -2.36. The number of amides is 2. The van der Waals surface area contributed by atoms with Crippen LogP contribution in [-0.2, 0) is 11.3 Å². The number of anilines is 1. The highest BCUT2D eigenvalue weighted by Gasteiger charge is 2.25. The van der Waals surface area contributed by atoms with E-state index >= 15 is 0 Å². The monoisotopic (exact) mass is 459 g/mol. The molecule has 7 nitrogen and oxygen atoms in total. The Morgan fingerprint density at radius 2 is 1.79 bits per heavy atom. The minimum atomic E-state index is -0.382. The van der Waals surface area contributed by atoms with Crippen molar-refractivity contribution in [3.8, 4) is 0 Å². The zero-order valence-electron chi connectivity index (χ0n) is 18.1. The summed E-state index contributed by atoms with van der Waals surface area (Å²) >= 11 is 0.887. The molecule has 1 aliphatic heterocycles. The predicted octanol–water partition coefficient (Wildman–Crippen LogP) is 4.47. The highest BCUT2D eigenvalue weighted by Crippen LogP contribution is 2.26. The van der Waals surface area contributed by atoms with Crippen LogP contribution in [0.2, 0.25) is 0 Å². The summed E-state index contributed by atoms with van der Waals surface area (Å²) < 4.78 is 0. The summed E-state index contributed by atoms with van der Waals surface area (Å²) in [7, 11) is 0. The van der Waals surface area contributed by atoms with Crippen LogP contribution in [0.1, 0.15) is 36.9 Å². The molecule has 0 bridgehead atoms. The third-order valence-corrected chi connectivity index (χ3v) is 6.93. The summed E-state index contributed by atoms with van der Waals surface area (Å²) in [6.45, 7) is 0.873. The number of aromatic nitrogens is 2. The van der Waals surface area contributed by atoms with Crippen molar-refractivity contribution in [2.45, 2.75) is 44.3 Å². The Morgan fingerprint density at radius 1 is 1.00 bits per heavy atom. The molecule has 2 fully saturated rings. The number of nitrogens with one attached hydrogen (secondary N) is 3. The van der Waals surface area contributed by atoms with Gasteiger partial charge in [-0.2, -0.15) is 0 Å². The van der Waals surface area contributed by atoms with Crippen LogP contribution in [0.4, 0.5) is 10.7 Å². The molecule has 1 saturated carbocycles. The fraction of sp³-hybridized carbons (Fsp3) is 0.280. The van der Waals surface area contributed by atoms with Gasteiger partial charge in [0.15, 0.2) is 0 Å². The predicted molar refractivity (Wildman–Crippen MR) is 132 cm³/mol. The van der Waals surface area contributed by atoms with Gasteiger partial charge in [0.2, 0.25) is 5.95 Å². The number of rotatable bonds is 6. The largest absolute Gasteiger partial charge is 0.351 e. The van der Waals surface area contributed by atoms with E-state index in [1.54, 1.807) is 18.3 Å². The molecule has 2 aromatic carbocycles. The van der Waals surface area contributed by atoms with E-state index in [0.29, 0.717) is 28.6 Å². The van der Waals surface area contributed by atoms with Crippen molar-refractivity contribution in [3.05, 3.63) is 70.9 Å². The average Bonchev–Trinajstić information content (AvgIpc) is 3.15. The summed E-state index contributed by atoms with van der Waals surface area (Å²) in [5, 5.41) is 11.7. The van der Waals surface area contributed by atoms with Gasteiger partial charge < -0.3 is 10.6 Å². The number of thioether (sulfide) groups is 1. The summed E-state index contributed by atoms with van der Waals surface area (Å²) in [5.41, 5.74) is 1.94. The van der Waals surface area contributed by atoms with Crippen LogP contribution in [0.3, 0.4) is 0 Å². The molecule has 0 atom stereocenters. The van der Waals surface area contributed by atoms with Crippen molar-refractivity contribution in [1.82, 2.24) is 20.6 Å². The molecule has 33 heavy (non-hydrogen) atoms. The van der Waals surface area contributed by atoms with Gasteiger partial charge in [-0.3, -0.25) is 14.9 Å². The fourth-order valence-corrected chi connectivity index (χ4v) is 5.07. The van der Waals surface area contributed by atoms with Crippen LogP contribution < -0.4 is 16.0 Å². The Morgan fingerprint density at radius 3 is 2.61 bits per heavy atom. The normalized spacial score (nSPS) is 22.0. The first-order valence-corrected chi connectivity index (χ1v) is 12.0. The molecule has 3 aromatic rings. The maximum Gasteiger partial charge on any atom is 0.290 e. The number of imide groups is 1. The molecule has 1 aliphatic carbocycles. The Bertz CT molecular complexity index is 1210. The molecule has 1 aromatic heterocycles. The maximum absolute atomic E-state index is 11.7. The van der Waals surface area contributed by atoms with E-state index in [1.807, 2.05) is 0 Å². The van der Waals surface area contributed by atoms with Gasteiger partial charge in [-0.15, -0.1) is 0 Å². The van der Waals surface area contributed by atoms with E-state index in [4.69, 9.17) is 0 Å². The van der Waals surface area contributed by atoms with Crippen LogP contribution in [0.25, 0.3) is 16.8 Å². The van der Waals surface area contributed by atoms with Crippen molar-refractivity contribution in [3.63, 3.8) is 0 Å². The molecule has 0 spiro atoms. The molecule has 3 N–H and O–H groups in total. The first kappa shape index (κ1) is 21.6. The number of fused-ring (bicyclic) bond motifs is 1. The lowest BCUT2D eigenvalue weighted by atomic mass is 9.91. The number of hydrogen-bond acceptors (Lipinski definition) is 7. The van der Waals surface area contributed by atoms with Crippen molar-refractivity contribution in [2.24, 2.45) is 0 Å². The first-order valence-electron chi connectivity index (χ1n) is 11.2. The molecule has 2 heterocycles. The molecule has 2 aliphatic rings. The number of carbonyl (C=O) groups is 2. The number of carbonyl (C=O) groups excluding carboxylic acids is 2. The minimum Gasteiger partial charge on any atom is -0.351 e. The van der Waals surface area contributed by atoms with E-state index < -0.39 is 0 Å². The van der Waals surface area contributed by atoms with Gasteiger partial charge in [0.1, 0.15) is 0 Å². The molecule has 5 rings (SSSR count). The smallest absolute Gasteiger partial charge is 0.290 e. The molecule has 2 amide bonds. The summed E-state index contributed by atoms with van der Waals surface area (Å²) in [6, 6.07) is 17.5. The molecular weight excluding hydrogens is 434 g/mol. The third-order valence-electron chi connectivity index (χ3n) is 6.12. The van der Waals surface area contributed by atoms with Crippen molar-refractivity contribution in [2.75, 3.05) is 5.32 Å². The fourth-order valence-electron chi connectivity index (χ4n) is 4.40. The standard InChI is InChI=1S/C25H25N5O2S/c31-23-22(33-25(32)30-23)14-20-12-13-26-24(29-20)28-19-10-8-18(9-11-19)27-15-17-6-3-5-16-4-1-2-7-21(16)17/h1-7,12-14,18-19,27H,8-11,15H2,(H,26,28,29)(H,30,31,32)/b22-14+. The van der Waals surface area contributed by atoms with E-state index in [2.05, 4.69) is 68.4 Å². The van der Waals surface area contributed by atoms with Crippen LogP contribution in [0, 0.1) is 0 Å². The zero-order chi connectivity index (χ0) is 22.6. The molecular formula is C25H25N5O2S. The van der Waals surface area contributed by atoms with Gasteiger partial charge >= 0.3 is 0 Å². The van der Waals surface area contributed by atoms with Gasteiger partial charge in [0.05, 0.1) is 10.6 Å². The maximum atomic E-state index is 11.7. The molecule has 0 unspecified atom stereocenters. The van der Waals surface area contributed by atoms with Gasteiger partial charge in [-0.1, -0.05) is 42.5 Å². The van der Waals surface area contributed by atoms with Crippen molar-refractivity contribution >= 4 is 45.7 Å². The Hall–Kier alpha value is -3.23. The van der Waals surface area contributed by atoms with E-state index in [1.165, 1.54) is 16.3 Å². The highest BCUT2D eigenvalue weighted by atomic mass is 32.2. The highest BCUT2D eigenvalue weighted by molar-refractivity contribution is 8.18. The van der Waals surface area contributed by atoms with Crippen LogP contribution in [0.15, 0.2) is 59.6 Å². The van der Waals surface area contributed by atoms with E-state index in [-0.39, 0.29) is 11.1 Å². The molecule has 1 saturated heterocycles. The Labute approximate surface area is 196 Å². The SMILES string of the molecule is O=C1NC(=O)/C(=C\c2ccnc(NC3CCC(NCc4cccc5ccccc45)CC3)n2)S1. The minimum absolute atomic E-state index is 0.314. The summed E-state index contributed by atoms with van der Waals surface area (Å²) in [6.07, 6.45) is 7.53. The Kier molecular flexibility index (Phi) is 6.37. The van der Waals surface area contributed by atoms with Crippen LogP contribution >= 0.6 is 11.8 Å². The second kappa shape index (κ2) is 9.72. The van der Waals surface area contributed by atoms with Gasteiger partial charge in [0.25, 0.3) is 11.1 Å². The van der Waals surface area contributed by atoms with Gasteiger partial charge in [-0.25, -0.2) is 9.97 Å². The lowest BCUT2D eigenvalue weighted by molar-refractivity contribution is -0.115. The summed E-state index contributed by atoms with van der Waals surface area (Å²) in [5.74, 6) is 0.165. The van der Waals surface area contributed by atoms with Crippen LogP contribution in [0.5, 0.6) is 0 Å². The molecule has 168 valence electrons. The third kappa shape index (κ3) is 5.23. The number of nitrogens with zero attached hydrogens (tertiary/aromatic N) is 2.